The van der Waals surface area contributed by atoms with E-state index in [1.807, 2.05) is 0 Å². The first-order valence-electron chi connectivity index (χ1n) is 8.80. The molecule has 3 rings (SSSR count). The third-order valence-corrected chi connectivity index (χ3v) is 5.33. The predicted molar refractivity (Wildman–Crippen MR) is 83.2 cm³/mol. The lowest BCUT2D eigenvalue weighted by atomic mass is 9.78. The highest BCUT2D eigenvalue weighted by molar-refractivity contribution is 5.81. The molecule has 0 heterocycles. The Kier molecular flexibility index (Phi) is 4.55. The van der Waals surface area contributed by atoms with Crippen molar-refractivity contribution >= 4 is 5.97 Å². The molecule has 0 spiro atoms. The van der Waals surface area contributed by atoms with Crippen LogP contribution in [0.1, 0.15) is 64.7 Å². The van der Waals surface area contributed by atoms with Crippen LogP contribution in [0.15, 0.2) is 0 Å². The van der Waals surface area contributed by atoms with Crippen LogP contribution in [0.2, 0.25) is 0 Å². The molecule has 4 nitrogen and oxygen atoms in total. The summed E-state index contributed by atoms with van der Waals surface area (Å²) in [5, 5.41) is 3.64. The van der Waals surface area contributed by atoms with E-state index in [0.29, 0.717) is 12.1 Å². The molecule has 0 bridgehead atoms. The average molecular weight is 294 g/mol. The largest absolute Gasteiger partial charge is 0.468 e. The first-order chi connectivity index (χ1) is 10.2. The average Bonchev–Trinajstić information content (AvgIpc) is 3.38. The lowest BCUT2D eigenvalue weighted by molar-refractivity contribution is -0.151. The normalized spacial score (nSPS) is 33.2. The van der Waals surface area contributed by atoms with Gasteiger partial charge < -0.3 is 4.74 Å². The van der Waals surface area contributed by atoms with Crippen LogP contribution < -0.4 is 5.32 Å². The Morgan fingerprint density at radius 1 is 1.24 bits per heavy atom. The molecule has 120 valence electrons. The number of nitrogens with one attached hydrogen (secondary N) is 1. The Morgan fingerprint density at radius 3 is 2.57 bits per heavy atom. The van der Waals surface area contributed by atoms with Gasteiger partial charge in [0.25, 0.3) is 0 Å². The second-order valence-electron chi connectivity index (χ2n) is 7.21. The molecule has 0 saturated heterocycles. The van der Waals surface area contributed by atoms with E-state index in [-0.39, 0.29) is 5.97 Å². The highest BCUT2D eigenvalue weighted by Gasteiger charge is 2.48. The molecule has 0 amide bonds. The van der Waals surface area contributed by atoms with Gasteiger partial charge in [-0.05, 0) is 64.3 Å². The lowest BCUT2D eigenvalue weighted by Gasteiger charge is -2.44. The molecule has 0 radical (unpaired) electrons. The zero-order chi connectivity index (χ0) is 14.9. The van der Waals surface area contributed by atoms with Gasteiger partial charge in [0.15, 0.2) is 0 Å². The van der Waals surface area contributed by atoms with Crippen LogP contribution in [0.25, 0.3) is 0 Å². The quantitative estimate of drug-likeness (QED) is 0.732. The number of carbonyl (C=O) groups excluding carboxylic acids is 1. The molecule has 4 heteroatoms. The third kappa shape index (κ3) is 3.42. The van der Waals surface area contributed by atoms with E-state index < -0.39 is 5.54 Å². The second kappa shape index (κ2) is 6.25. The zero-order valence-electron chi connectivity index (χ0n) is 13.6. The fourth-order valence-electron chi connectivity index (χ4n) is 4.05. The Hall–Kier alpha value is -0.610. The number of hydrogen-bond acceptors (Lipinski definition) is 4. The molecule has 3 saturated carbocycles. The SMILES string of the molecule is CCCN(C1CC1)C1CCCC(NC2CC2)(C(=O)OC)C1. The standard InChI is InChI=1S/C17H30N2O2/c1-3-11-19(14-8-9-14)15-5-4-10-17(12-15,16(20)21-2)18-13-6-7-13/h13-15,18H,3-12H2,1-2H3. The minimum absolute atomic E-state index is 0.0358. The van der Waals surface area contributed by atoms with E-state index in [9.17, 15) is 4.79 Å². The minimum atomic E-state index is -0.417. The molecule has 2 atom stereocenters. The number of rotatable bonds is 7. The summed E-state index contributed by atoms with van der Waals surface area (Å²) in [4.78, 5) is 15.1. The molecule has 0 aliphatic heterocycles. The summed E-state index contributed by atoms with van der Waals surface area (Å²) in [6.07, 6.45) is 10.6. The molecule has 3 fully saturated rings. The van der Waals surface area contributed by atoms with Crippen molar-refractivity contribution in [3.05, 3.63) is 0 Å². The molecular formula is C17H30N2O2. The van der Waals surface area contributed by atoms with Crippen LogP contribution in [0.5, 0.6) is 0 Å². The topological polar surface area (TPSA) is 41.6 Å². The highest BCUT2D eigenvalue weighted by atomic mass is 16.5. The van der Waals surface area contributed by atoms with Crippen molar-refractivity contribution < 1.29 is 9.53 Å². The van der Waals surface area contributed by atoms with E-state index in [4.69, 9.17) is 4.74 Å². The van der Waals surface area contributed by atoms with Crippen LogP contribution in [0.4, 0.5) is 0 Å². The molecule has 3 aliphatic carbocycles. The van der Waals surface area contributed by atoms with E-state index in [2.05, 4.69) is 17.1 Å². The van der Waals surface area contributed by atoms with E-state index in [0.717, 1.165) is 25.3 Å². The predicted octanol–water partition coefficient (Wildman–Crippen LogP) is 2.47. The number of methoxy groups -OCH3 is 1. The van der Waals surface area contributed by atoms with Crippen molar-refractivity contribution in [1.82, 2.24) is 10.2 Å². The zero-order valence-corrected chi connectivity index (χ0v) is 13.6. The molecule has 2 unspecified atom stereocenters. The lowest BCUT2D eigenvalue weighted by Crippen LogP contribution is -2.59. The van der Waals surface area contributed by atoms with Crippen molar-refractivity contribution in [2.45, 2.75) is 88.4 Å². The summed E-state index contributed by atoms with van der Waals surface area (Å²) in [7, 11) is 1.53. The van der Waals surface area contributed by atoms with Gasteiger partial charge in [0.2, 0.25) is 0 Å². The maximum Gasteiger partial charge on any atom is 0.326 e. The van der Waals surface area contributed by atoms with Gasteiger partial charge >= 0.3 is 5.97 Å². The molecule has 21 heavy (non-hydrogen) atoms. The summed E-state index contributed by atoms with van der Waals surface area (Å²) in [6.45, 7) is 3.43. The molecule has 0 aromatic carbocycles. The van der Waals surface area contributed by atoms with Gasteiger partial charge in [-0.25, -0.2) is 0 Å². The molecule has 3 aliphatic rings. The molecule has 0 aromatic rings. The van der Waals surface area contributed by atoms with Gasteiger partial charge in [0.05, 0.1) is 7.11 Å². The first-order valence-corrected chi connectivity index (χ1v) is 8.80. The van der Waals surface area contributed by atoms with Gasteiger partial charge in [-0.1, -0.05) is 6.92 Å². The smallest absolute Gasteiger partial charge is 0.326 e. The van der Waals surface area contributed by atoms with Crippen molar-refractivity contribution in [2.24, 2.45) is 0 Å². The van der Waals surface area contributed by atoms with E-state index >= 15 is 0 Å². The Balaban J connectivity index is 1.72. The monoisotopic (exact) mass is 294 g/mol. The Morgan fingerprint density at radius 2 is 2.00 bits per heavy atom. The van der Waals surface area contributed by atoms with Crippen molar-refractivity contribution in [3.63, 3.8) is 0 Å². The van der Waals surface area contributed by atoms with Crippen molar-refractivity contribution in [2.75, 3.05) is 13.7 Å². The van der Waals surface area contributed by atoms with Crippen LogP contribution in [-0.2, 0) is 9.53 Å². The van der Waals surface area contributed by atoms with Crippen molar-refractivity contribution in [3.8, 4) is 0 Å². The molecule has 0 aromatic heterocycles. The Bertz CT molecular complexity index is 379. The van der Waals surface area contributed by atoms with Crippen LogP contribution in [0, 0.1) is 0 Å². The highest BCUT2D eigenvalue weighted by Crippen LogP contribution is 2.39. The summed E-state index contributed by atoms with van der Waals surface area (Å²) < 4.78 is 5.17. The fourth-order valence-corrected chi connectivity index (χ4v) is 4.05. The third-order valence-electron chi connectivity index (χ3n) is 5.33. The second-order valence-corrected chi connectivity index (χ2v) is 7.21. The van der Waals surface area contributed by atoms with E-state index in [1.165, 1.54) is 52.2 Å². The van der Waals surface area contributed by atoms with Crippen LogP contribution >= 0.6 is 0 Å². The fraction of sp³-hybridized carbons (Fsp3) is 0.941. The van der Waals surface area contributed by atoms with Gasteiger partial charge in [-0.3, -0.25) is 15.0 Å². The maximum atomic E-state index is 12.5. The maximum absolute atomic E-state index is 12.5. The van der Waals surface area contributed by atoms with Gasteiger partial charge in [-0.2, -0.15) is 0 Å². The van der Waals surface area contributed by atoms with Crippen LogP contribution in [0.3, 0.4) is 0 Å². The summed E-state index contributed by atoms with van der Waals surface area (Å²) in [6, 6.07) is 1.88. The van der Waals surface area contributed by atoms with Gasteiger partial charge in [-0.15, -0.1) is 0 Å². The number of hydrogen-bond donors (Lipinski definition) is 1. The first kappa shape index (κ1) is 15.3. The van der Waals surface area contributed by atoms with Crippen molar-refractivity contribution in [1.29, 1.82) is 0 Å². The number of esters is 1. The number of carbonyl (C=O) groups is 1. The summed E-state index contributed by atoms with van der Waals surface area (Å²) >= 11 is 0. The Labute approximate surface area is 128 Å². The molecule has 1 N–H and O–H groups in total. The van der Waals surface area contributed by atoms with Gasteiger partial charge in [0.1, 0.15) is 5.54 Å². The molecular weight excluding hydrogens is 264 g/mol. The van der Waals surface area contributed by atoms with E-state index in [1.54, 1.807) is 0 Å². The number of ether oxygens (including phenoxy) is 1. The summed E-state index contributed by atoms with van der Waals surface area (Å²) in [5.41, 5.74) is -0.417. The minimum Gasteiger partial charge on any atom is -0.468 e. The summed E-state index contributed by atoms with van der Waals surface area (Å²) in [5.74, 6) is -0.0358. The van der Waals surface area contributed by atoms with Gasteiger partial charge in [0, 0.05) is 18.1 Å². The number of nitrogens with zero attached hydrogens (tertiary/aromatic N) is 1. The van der Waals surface area contributed by atoms with Crippen LogP contribution in [-0.4, -0.2) is 48.2 Å².